The Bertz CT molecular complexity index is 967. The van der Waals surface area contributed by atoms with Crippen LogP contribution in [0.4, 0.5) is 8.78 Å². The summed E-state index contributed by atoms with van der Waals surface area (Å²) in [6.45, 7) is 1.23. The average molecular weight is 371 g/mol. The van der Waals surface area contributed by atoms with Crippen LogP contribution in [-0.4, -0.2) is 40.0 Å². The molecule has 2 aromatic carbocycles. The van der Waals surface area contributed by atoms with Crippen molar-refractivity contribution >= 4 is 16.9 Å². The third-order valence-corrected chi connectivity index (χ3v) is 4.72. The average Bonchev–Trinajstić information content (AvgIpc) is 3.31. The fraction of sp³-hybridized carbons (Fsp3) is 0.300. The summed E-state index contributed by atoms with van der Waals surface area (Å²) in [7, 11) is 0. The number of ether oxygens (including phenoxy) is 1. The third-order valence-electron chi connectivity index (χ3n) is 4.72. The Morgan fingerprint density at radius 1 is 1.26 bits per heavy atom. The summed E-state index contributed by atoms with van der Waals surface area (Å²) in [5.41, 5.74) is 1.72. The molecule has 5 nitrogen and oxygen atoms in total. The van der Waals surface area contributed by atoms with E-state index in [0.717, 1.165) is 12.8 Å². The van der Waals surface area contributed by atoms with Gasteiger partial charge in [0, 0.05) is 19.7 Å². The van der Waals surface area contributed by atoms with Crippen LogP contribution in [-0.2, 0) is 11.3 Å². The first-order valence-corrected chi connectivity index (χ1v) is 8.88. The van der Waals surface area contributed by atoms with Gasteiger partial charge in [-0.1, -0.05) is 12.1 Å². The number of fused-ring (bicyclic) bond motifs is 1. The normalized spacial score (nSPS) is 16.7. The van der Waals surface area contributed by atoms with Crippen molar-refractivity contribution in [2.24, 2.45) is 0 Å². The summed E-state index contributed by atoms with van der Waals surface area (Å²) in [6.07, 6.45) is 3.15. The molecule has 0 saturated carbocycles. The molecule has 0 aliphatic carbocycles. The summed E-state index contributed by atoms with van der Waals surface area (Å²) in [6, 6.07) is 8.61. The molecule has 1 aliphatic heterocycles. The number of H-pyrrole nitrogens is 1. The predicted octanol–water partition coefficient (Wildman–Crippen LogP) is 3.66. The second-order valence-corrected chi connectivity index (χ2v) is 6.70. The summed E-state index contributed by atoms with van der Waals surface area (Å²) in [5, 5.41) is 0. The second kappa shape index (κ2) is 7.44. The number of imidazole rings is 1. The molecule has 1 fully saturated rings. The molecular weight excluding hydrogens is 352 g/mol. The van der Waals surface area contributed by atoms with E-state index in [9.17, 15) is 13.6 Å². The molecule has 1 saturated heterocycles. The SMILES string of the molecule is O=C(c1cc(F)cc2[nH]cnc12)N(Cc1cccc(F)c1)CC1CCCO1. The van der Waals surface area contributed by atoms with Crippen molar-refractivity contribution in [2.45, 2.75) is 25.5 Å². The Balaban J connectivity index is 1.67. The molecule has 7 heteroatoms. The summed E-state index contributed by atoms with van der Waals surface area (Å²) in [5.74, 6) is -1.23. The minimum absolute atomic E-state index is 0.0780. The Hall–Kier alpha value is -2.80. The molecule has 2 heterocycles. The van der Waals surface area contributed by atoms with Crippen LogP contribution in [0.25, 0.3) is 11.0 Å². The molecule has 0 radical (unpaired) electrons. The summed E-state index contributed by atoms with van der Waals surface area (Å²) >= 11 is 0. The topological polar surface area (TPSA) is 58.2 Å². The van der Waals surface area contributed by atoms with Crippen LogP contribution in [0.2, 0.25) is 0 Å². The Kier molecular flexibility index (Phi) is 4.85. The lowest BCUT2D eigenvalue weighted by Crippen LogP contribution is -2.37. The first-order valence-electron chi connectivity index (χ1n) is 8.88. The zero-order chi connectivity index (χ0) is 18.8. The third kappa shape index (κ3) is 3.83. The number of benzene rings is 2. The Labute approximate surface area is 155 Å². The molecule has 0 bridgehead atoms. The van der Waals surface area contributed by atoms with E-state index in [-0.39, 0.29) is 29.9 Å². The van der Waals surface area contributed by atoms with Crippen LogP contribution in [0.1, 0.15) is 28.8 Å². The fourth-order valence-electron chi connectivity index (χ4n) is 3.46. The molecular formula is C20H19F2N3O2. The van der Waals surface area contributed by atoms with Crippen LogP contribution in [0, 0.1) is 11.6 Å². The first kappa shape index (κ1) is 17.6. The zero-order valence-corrected chi connectivity index (χ0v) is 14.6. The van der Waals surface area contributed by atoms with Crippen LogP contribution in [0.5, 0.6) is 0 Å². The molecule has 1 N–H and O–H groups in total. The van der Waals surface area contributed by atoms with Gasteiger partial charge in [0.05, 0.1) is 23.5 Å². The smallest absolute Gasteiger partial charge is 0.256 e. The number of amides is 1. The fourth-order valence-corrected chi connectivity index (χ4v) is 3.46. The predicted molar refractivity (Wildman–Crippen MR) is 96.2 cm³/mol. The van der Waals surface area contributed by atoms with Crippen LogP contribution in [0.15, 0.2) is 42.7 Å². The van der Waals surface area contributed by atoms with Crippen molar-refractivity contribution < 1.29 is 18.3 Å². The van der Waals surface area contributed by atoms with Gasteiger partial charge in [-0.3, -0.25) is 4.79 Å². The van der Waals surface area contributed by atoms with E-state index >= 15 is 0 Å². The lowest BCUT2D eigenvalue weighted by molar-refractivity contribution is 0.0508. The summed E-state index contributed by atoms with van der Waals surface area (Å²) in [4.78, 5) is 21.8. The Morgan fingerprint density at radius 3 is 2.93 bits per heavy atom. The van der Waals surface area contributed by atoms with Crippen molar-refractivity contribution in [3.8, 4) is 0 Å². The maximum Gasteiger partial charge on any atom is 0.256 e. The highest BCUT2D eigenvalue weighted by atomic mass is 19.1. The number of carbonyl (C=O) groups excluding carboxylic acids is 1. The van der Waals surface area contributed by atoms with E-state index in [1.807, 2.05) is 0 Å². The maximum absolute atomic E-state index is 14.0. The van der Waals surface area contributed by atoms with E-state index in [4.69, 9.17) is 4.74 Å². The molecule has 3 aromatic rings. The van der Waals surface area contributed by atoms with Crippen molar-refractivity contribution in [1.29, 1.82) is 0 Å². The van der Waals surface area contributed by atoms with Gasteiger partial charge < -0.3 is 14.6 Å². The van der Waals surface area contributed by atoms with E-state index in [0.29, 0.717) is 29.7 Å². The van der Waals surface area contributed by atoms with Gasteiger partial charge in [-0.15, -0.1) is 0 Å². The number of aromatic nitrogens is 2. The molecule has 1 unspecified atom stereocenters. The van der Waals surface area contributed by atoms with Crippen molar-refractivity contribution in [3.63, 3.8) is 0 Å². The quantitative estimate of drug-likeness (QED) is 0.745. The standard InChI is InChI=1S/C20H19F2N3O2/c21-14-4-1-3-13(7-14)10-25(11-16-5-2-6-27-16)20(26)17-8-15(22)9-18-19(17)24-12-23-18/h1,3-4,7-9,12,16H,2,5-6,10-11H2,(H,23,24). The van der Waals surface area contributed by atoms with Crippen LogP contribution >= 0.6 is 0 Å². The van der Waals surface area contributed by atoms with Crippen LogP contribution < -0.4 is 0 Å². The number of carbonyl (C=O) groups is 1. The first-order chi connectivity index (χ1) is 13.1. The molecule has 140 valence electrons. The highest BCUT2D eigenvalue weighted by molar-refractivity contribution is 6.04. The van der Waals surface area contributed by atoms with E-state index in [2.05, 4.69) is 9.97 Å². The lowest BCUT2D eigenvalue weighted by atomic mass is 10.1. The van der Waals surface area contributed by atoms with Gasteiger partial charge in [0.25, 0.3) is 5.91 Å². The zero-order valence-electron chi connectivity index (χ0n) is 14.6. The number of nitrogens with zero attached hydrogens (tertiary/aromatic N) is 2. The van der Waals surface area contributed by atoms with Gasteiger partial charge in [0.2, 0.25) is 0 Å². The van der Waals surface area contributed by atoms with Gasteiger partial charge in [0.15, 0.2) is 0 Å². The van der Waals surface area contributed by atoms with Crippen LogP contribution in [0.3, 0.4) is 0 Å². The highest BCUT2D eigenvalue weighted by Crippen LogP contribution is 2.22. The van der Waals surface area contributed by atoms with E-state index in [1.165, 1.54) is 30.6 Å². The minimum Gasteiger partial charge on any atom is -0.376 e. The molecule has 4 rings (SSSR count). The molecule has 1 aliphatic rings. The lowest BCUT2D eigenvalue weighted by Gasteiger charge is -2.26. The molecule has 1 aromatic heterocycles. The molecule has 1 atom stereocenters. The van der Waals surface area contributed by atoms with E-state index < -0.39 is 5.82 Å². The molecule has 1 amide bonds. The van der Waals surface area contributed by atoms with Gasteiger partial charge in [0.1, 0.15) is 17.2 Å². The largest absolute Gasteiger partial charge is 0.376 e. The monoisotopic (exact) mass is 371 g/mol. The molecule has 0 spiro atoms. The van der Waals surface area contributed by atoms with Gasteiger partial charge in [-0.2, -0.15) is 0 Å². The highest BCUT2D eigenvalue weighted by Gasteiger charge is 2.26. The number of halogens is 2. The number of nitrogens with one attached hydrogen (secondary N) is 1. The number of rotatable bonds is 5. The van der Waals surface area contributed by atoms with Gasteiger partial charge in [-0.25, -0.2) is 13.8 Å². The Morgan fingerprint density at radius 2 is 2.15 bits per heavy atom. The second-order valence-electron chi connectivity index (χ2n) is 6.70. The van der Waals surface area contributed by atoms with Gasteiger partial charge >= 0.3 is 0 Å². The number of hydrogen-bond donors (Lipinski definition) is 1. The van der Waals surface area contributed by atoms with E-state index in [1.54, 1.807) is 17.0 Å². The van der Waals surface area contributed by atoms with Crippen molar-refractivity contribution in [2.75, 3.05) is 13.2 Å². The number of hydrogen-bond acceptors (Lipinski definition) is 3. The van der Waals surface area contributed by atoms with Crippen molar-refractivity contribution in [3.05, 3.63) is 65.5 Å². The minimum atomic E-state index is -0.516. The maximum atomic E-state index is 14.0. The molecule has 27 heavy (non-hydrogen) atoms. The summed E-state index contributed by atoms with van der Waals surface area (Å²) < 4.78 is 33.2. The van der Waals surface area contributed by atoms with Crippen molar-refractivity contribution in [1.82, 2.24) is 14.9 Å². The number of aromatic amines is 1. The van der Waals surface area contributed by atoms with Gasteiger partial charge in [-0.05, 0) is 42.7 Å².